The van der Waals surface area contributed by atoms with Crippen molar-refractivity contribution in [2.45, 2.75) is 24.4 Å². The second-order valence-corrected chi connectivity index (χ2v) is 6.44. The van der Waals surface area contributed by atoms with E-state index in [9.17, 15) is 23.1 Å². The van der Waals surface area contributed by atoms with Gasteiger partial charge in [0.25, 0.3) is 11.8 Å². The quantitative estimate of drug-likeness (QED) is 0.908. The molecule has 0 radical (unpaired) electrons. The number of aliphatic hydroxyl groups excluding tert-OH is 1. The fraction of sp³-hybridized carbons (Fsp3) is 0.533. The number of carbonyl (C=O) groups is 1. The summed E-state index contributed by atoms with van der Waals surface area (Å²) < 4.78 is 40.7. The molecule has 8 heteroatoms. The number of halogens is 4. The molecule has 1 aromatic carbocycles. The van der Waals surface area contributed by atoms with E-state index in [-0.39, 0.29) is 42.7 Å². The Morgan fingerprint density at radius 3 is 2.70 bits per heavy atom. The Morgan fingerprint density at radius 2 is 2.09 bits per heavy atom. The maximum absolute atomic E-state index is 13.8. The highest BCUT2D eigenvalue weighted by atomic mass is 35.5. The largest absolute Gasteiger partial charge is 0.395 e. The number of likely N-dealkylation sites (tertiary alicyclic amines) is 2. The summed E-state index contributed by atoms with van der Waals surface area (Å²) in [6.07, 6.45) is -0.382. The van der Waals surface area contributed by atoms with E-state index < -0.39 is 30.2 Å². The van der Waals surface area contributed by atoms with Crippen molar-refractivity contribution in [3.63, 3.8) is 0 Å². The molecule has 2 aliphatic rings. The van der Waals surface area contributed by atoms with Crippen LogP contribution >= 0.6 is 11.6 Å². The molecule has 23 heavy (non-hydrogen) atoms. The summed E-state index contributed by atoms with van der Waals surface area (Å²) in [5.41, 5.74) is -0.196. The molecule has 2 fully saturated rings. The van der Waals surface area contributed by atoms with Crippen LogP contribution in [-0.4, -0.2) is 65.1 Å². The summed E-state index contributed by atoms with van der Waals surface area (Å²) in [7, 11) is 0. The summed E-state index contributed by atoms with van der Waals surface area (Å²) >= 11 is 5.87. The smallest absolute Gasteiger partial charge is 0.262 e. The third-order valence-electron chi connectivity index (χ3n) is 4.42. The fourth-order valence-corrected chi connectivity index (χ4v) is 3.45. The highest BCUT2D eigenvalue weighted by Gasteiger charge is 2.50. The molecule has 1 aromatic rings. The number of aliphatic hydroxyl groups is 1. The van der Waals surface area contributed by atoms with Crippen LogP contribution in [0.3, 0.4) is 0 Å². The minimum Gasteiger partial charge on any atom is -0.395 e. The summed E-state index contributed by atoms with van der Waals surface area (Å²) in [6.45, 7) is -0.337. The Labute approximate surface area is 136 Å². The predicted octanol–water partition coefficient (Wildman–Crippen LogP) is 2.01. The number of hydrogen-bond donors (Lipinski definition) is 1. The maximum Gasteiger partial charge on any atom is 0.262 e. The van der Waals surface area contributed by atoms with E-state index in [1.807, 2.05) is 0 Å². The van der Waals surface area contributed by atoms with Crippen LogP contribution in [0.5, 0.6) is 0 Å². The van der Waals surface area contributed by atoms with Gasteiger partial charge in [0.15, 0.2) is 0 Å². The molecule has 2 heterocycles. The van der Waals surface area contributed by atoms with Gasteiger partial charge in [-0.1, -0.05) is 17.7 Å². The minimum absolute atomic E-state index is 0.0272. The van der Waals surface area contributed by atoms with Gasteiger partial charge in [-0.25, -0.2) is 13.2 Å². The van der Waals surface area contributed by atoms with Gasteiger partial charge in [-0.2, -0.15) is 0 Å². The van der Waals surface area contributed by atoms with Crippen LogP contribution in [0.15, 0.2) is 18.2 Å². The summed E-state index contributed by atoms with van der Waals surface area (Å²) in [6, 6.07) is 3.13. The van der Waals surface area contributed by atoms with E-state index in [2.05, 4.69) is 0 Å². The lowest BCUT2D eigenvalue weighted by atomic mass is 10.0. The second kappa shape index (κ2) is 5.96. The van der Waals surface area contributed by atoms with Crippen LogP contribution in [0.1, 0.15) is 16.8 Å². The summed E-state index contributed by atoms with van der Waals surface area (Å²) in [5, 5.41) is 9.27. The topological polar surface area (TPSA) is 43.8 Å². The SMILES string of the molecule is O=C(c1c(F)cccc1Cl)N1CC(N2CC(F)(F)C[C@H]2CO)C1. The molecule has 0 aliphatic carbocycles. The van der Waals surface area contributed by atoms with Gasteiger partial charge < -0.3 is 10.0 Å². The Bertz CT molecular complexity index is 602. The molecule has 0 bridgehead atoms. The number of alkyl halides is 2. The molecule has 0 unspecified atom stereocenters. The van der Waals surface area contributed by atoms with Gasteiger partial charge in [-0.3, -0.25) is 9.69 Å². The molecule has 0 aromatic heterocycles. The van der Waals surface area contributed by atoms with Crippen LogP contribution in [0.4, 0.5) is 13.2 Å². The second-order valence-electron chi connectivity index (χ2n) is 6.03. The lowest BCUT2D eigenvalue weighted by Gasteiger charge is -2.45. The van der Waals surface area contributed by atoms with E-state index in [1.165, 1.54) is 21.9 Å². The molecule has 2 saturated heterocycles. The van der Waals surface area contributed by atoms with Gasteiger partial charge in [0.2, 0.25) is 0 Å². The average molecular weight is 349 g/mol. The first-order chi connectivity index (χ1) is 10.8. The van der Waals surface area contributed by atoms with Gasteiger partial charge in [0, 0.05) is 31.6 Å². The van der Waals surface area contributed by atoms with Crippen molar-refractivity contribution in [1.29, 1.82) is 0 Å². The monoisotopic (exact) mass is 348 g/mol. The Balaban J connectivity index is 1.66. The molecule has 1 amide bonds. The van der Waals surface area contributed by atoms with Gasteiger partial charge in [0.05, 0.1) is 23.7 Å². The minimum atomic E-state index is -2.83. The number of amides is 1. The standard InChI is InChI=1S/C15H16ClF3N2O2/c16-11-2-1-3-12(17)13(11)14(23)20-5-10(6-20)21-8-15(18,19)4-9(21)7-22/h1-3,9-10,22H,4-8H2/t9-/m0/s1. The van der Waals surface area contributed by atoms with Gasteiger partial charge >= 0.3 is 0 Å². The number of nitrogens with zero attached hydrogens (tertiary/aromatic N) is 2. The van der Waals surface area contributed by atoms with Gasteiger partial charge in [0.1, 0.15) is 5.82 Å². The molecule has 3 rings (SSSR count). The van der Waals surface area contributed by atoms with Gasteiger partial charge in [-0.15, -0.1) is 0 Å². The highest BCUT2D eigenvalue weighted by molar-refractivity contribution is 6.33. The molecule has 0 spiro atoms. The van der Waals surface area contributed by atoms with Crippen LogP contribution in [-0.2, 0) is 0 Å². The zero-order chi connectivity index (χ0) is 16.8. The molecule has 1 atom stereocenters. The predicted molar refractivity (Wildman–Crippen MR) is 78.2 cm³/mol. The van der Waals surface area contributed by atoms with Crippen molar-refractivity contribution in [3.8, 4) is 0 Å². The van der Waals surface area contributed by atoms with E-state index in [0.29, 0.717) is 0 Å². The normalized spacial score (nSPS) is 24.7. The zero-order valence-corrected chi connectivity index (χ0v) is 12.9. The van der Waals surface area contributed by atoms with Crippen molar-refractivity contribution in [2.24, 2.45) is 0 Å². The maximum atomic E-state index is 13.8. The van der Waals surface area contributed by atoms with Crippen LogP contribution in [0, 0.1) is 5.82 Å². The number of hydrogen-bond acceptors (Lipinski definition) is 3. The Morgan fingerprint density at radius 1 is 1.39 bits per heavy atom. The van der Waals surface area contributed by atoms with Crippen LogP contribution in [0.2, 0.25) is 5.02 Å². The lowest BCUT2D eigenvalue weighted by molar-refractivity contribution is -0.0126. The average Bonchev–Trinajstić information content (AvgIpc) is 2.72. The molecule has 4 nitrogen and oxygen atoms in total. The van der Waals surface area contributed by atoms with Gasteiger partial charge in [-0.05, 0) is 12.1 Å². The first kappa shape index (κ1) is 16.5. The summed E-state index contributed by atoms with van der Waals surface area (Å²) in [4.78, 5) is 15.2. The molecule has 2 aliphatic heterocycles. The van der Waals surface area contributed by atoms with Crippen molar-refractivity contribution >= 4 is 17.5 Å². The molecule has 1 N–H and O–H groups in total. The molecular formula is C15H16ClF3N2O2. The lowest BCUT2D eigenvalue weighted by Crippen LogP contribution is -2.62. The first-order valence-electron chi connectivity index (χ1n) is 7.30. The third-order valence-corrected chi connectivity index (χ3v) is 4.74. The molecule has 126 valence electrons. The fourth-order valence-electron chi connectivity index (χ4n) is 3.21. The Kier molecular flexibility index (Phi) is 4.29. The van der Waals surface area contributed by atoms with Crippen molar-refractivity contribution in [2.75, 3.05) is 26.2 Å². The third kappa shape index (κ3) is 3.05. The van der Waals surface area contributed by atoms with E-state index in [0.717, 1.165) is 6.07 Å². The Hall–Kier alpha value is -1.31. The number of carbonyl (C=O) groups excluding carboxylic acids is 1. The van der Waals surface area contributed by atoms with E-state index in [1.54, 1.807) is 0 Å². The van der Waals surface area contributed by atoms with E-state index in [4.69, 9.17) is 11.6 Å². The summed E-state index contributed by atoms with van der Waals surface area (Å²) in [5.74, 6) is -4.07. The van der Waals surface area contributed by atoms with Crippen LogP contribution < -0.4 is 0 Å². The van der Waals surface area contributed by atoms with E-state index >= 15 is 0 Å². The molecule has 0 saturated carbocycles. The number of rotatable bonds is 3. The first-order valence-corrected chi connectivity index (χ1v) is 7.68. The van der Waals surface area contributed by atoms with Crippen molar-refractivity contribution in [1.82, 2.24) is 9.80 Å². The molecular weight excluding hydrogens is 333 g/mol. The van der Waals surface area contributed by atoms with Crippen molar-refractivity contribution < 1.29 is 23.1 Å². The number of benzene rings is 1. The zero-order valence-electron chi connectivity index (χ0n) is 12.2. The highest BCUT2D eigenvalue weighted by Crippen LogP contribution is 2.35. The van der Waals surface area contributed by atoms with Crippen molar-refractivity contribution in [3.05, 3.63) is 34.6 Å². The van der Waals surface area contributed by atoms with Crippen LogP contribution in [0.25, 0.3) is 0 Å².